The normalized spacial score (nSPS) is 16.2. The van der Waals surface area contributed by atoms with Gasteiger partial charge >= 0.3 is 6.18 Å². The molecule has 1 rings (SSSR count). The molecule has 15 heavy (non-hydrogen) atoms. The van der Waals surface area contributed by atoms with Gasteiger partial charge in [-0.2, -0.15) is 13.2 Å². The van der Waals surface area contributed by atoms with E-state index < -0.39 is 11.8 Å². The van der Waals surface area contributed by atoms with Crippen LogP contribution < -0.4 is 0 Å². The van der Waals surface area contributed by atoms with Gasteiger partial charge in [0.2, 0.25) is 0 Å². The molecule has 0 heterocycles. The zero-order valence-electron chi connectivity index (χ0n) is 8.19. The zero-order chi connectivity index (χ0) is 11.9. The lowest BCUT2D eigenvalue weighted by molar-refractivity contribution is -0.258. The Kier molecular flexibility index (Phi) is 3.16. The van der Waals surface area contributed by atoms with Crippen molar-refractivity contribution < 1.29 is 18.3 Å². The topological polar surface area (TPSA) is 20.2 Å². The fourth-order valence-electron chi connectivity index (χ4n) is 1.18. The van der Waals surface area contributed by atoms with Crippen molar-refractivity contribution in [3.8, 4) is 0 Å². The first kappa shape index (κ1) is 12.5. The second kappa shape index (κ2) is 3.79. The number of halogens is 4. The molecule has 5 heteroatoms. The smallest absolute Gasteiger partial charge is 0.376 e. The van der Waals surface area contributed by atoms with E-state index in [0.717, 1.165) is 6.92 Å². The van der Waals surface area contributed by atoms with E-state index in [2.05, 4.69) is 15.9 Å². The SMILES string of the molecule is Cc1cc(Br)cc(C(C)(O)C(F)(F)F)c1. The van der Waals surface area contributed by atoms with Gasteiger partial charge in [0.1, 0.15) is 0 Å². The fourth-order valence-corrected chi connectivity index (χ4v) is 1.79. The van der Waals surface area contributed by atoms with E-state index in [1.807, 2.05) is 0 Å². The molecule has 0 spiro atoms. The summed E-state index contributed by atoms with van der Waals surface area (Å²) in [5, 5.41) is 9.43. The van der Waals surface area contributed by atoms with Gasteiger partial charge in [0, 0.05) is 4.47 Å². The van der Waals surface area contributed by atoms with Crippen molar-refractivity contribution >= 4 is 15.9 Å². The number of aliphatic hydroxyl groups is 1. The summed E-state index contributed by atoms with van der Waals surface area (Å²) in [6.07, 6.45) is -4.68. The van der Waals surface area contributed by atoms with Crippen LogP contribution in [0.3, 0.4) is 0 Å². The molecule has 0 saturated heterocycles. The second-order valence-corrected chi connectivity index (χ2v) is 4.50. The van der Waals surface area contributed by atoms with Gasteiger partial charge in [-0.3, -0.25) is 0 Å². The summed E-state index contributed by atoms with van der Waals surface area (Å²) < 4.78 is 38.1. The molecule has 0 radical (unpaired) electrons. The molecule has 0 aliphatic heterocycles. The summed E-state index contributed by atoms with van der Waals surface area (Å²) in [7, 11) is 0. The van der Waals surface area contributed by atoms with Crippen molar-refractivity contribution in [2.24, 2.45) is 0 Å². The van der Waals surface area contributed by atoms with Crippen LogP contribution in [0.25, 0.3) is 0 Å². The van der Waals surface area contributed by atoms with Crippen LogP contribution in [0, 0.1) is 6.92 Å². The van der Waals surface area contributed by atoms with Gasteiger partial charge in [-0.15, -0.1) is 0 Å². The third-order valence-electron chi connectivity index (χ3n) is 2.16. The molecule has 1 unspecified atom stereocenters. The first-order valence-corrected chi connectivity index (χ1v) is 5.00. The quantitative estimate of drug-likeness (QED) is 0.836. The van der Waals surface area contributed by atoms with E-state index in [9.17, 15) is 18.3 Å². The summed E-state index contributed by atoms with van der Waals surface area (Å²) in [5.41, 5.74) is -2.33. The standard InChI is InChI=1S/C10H10BrF3O/c1-6-3-7(5-8(11)4-6)9(2,15)10(12,13)14/h3-5,15H,1-2H3. The molecule has 1 aromatic carbocycles. The van der Waals surface area contributed by atoms with Crippen LogP contribution in [0.5, 0.6) is 0 Å². The number of aryl methyl sites for hydroxylation is 1. The van der Waals surface area contributed by atoms with Gasteiger partial charge in [-0.1, -0.05) is 22.0 Å². The predicted octanol–water partition coefficient (Wildman–Crippen LogP) is 3.53. The van der Waals surface area contributed by atoms with Crippen molar-refractivity contribution in [3.63, 3.8) is 0 Å². The molecular formula is C10H10BrF3O. The highest BCUT2D eigenvalue weighted by molar-refractivity contribution is 9.10. The summed E-state index contributed by atoms with van der Waals surface area (Å²) in [6.45, 7) is 2.41. The van der Waals surface area contributed by atoms with E-state index in [1.165, 1.54) is 12.1 Å². The van der Waals surface area contributed by atoms with Gasteiger partial charge in [0.15, 0.2) is 5.60 Å². The highest BCUT2D eigenvalue weighted by Crippen LogP contribution is 2.39. The minimum atomic E-state index is -4.68. The molecule has 0 saturated carbocycles. The molecule has 0 fully saturated rings. The van der Waals surface area contributed by atoms with Crippen molar-refractivity contribution in [2.75, 3.05) is 0 Å². The van der Waals surface area contributed by atoms with Gasteiger partial charge in [-0.25, -0.2) is 0 Å². The third kappa shape index (κ3) is 2.52. The van der Waals surface area contributed by atoms with Crippen molar-refractivity contribution in [3.05, 3.63) is 33.8 Å². The predicted molar refractivity (Wildman–Crippen MR) is 54.5 cm³/mol. The Morgan fingerprint density at radius 3 is 2.13 bits per heavy atom. The van der Waals surface area contributed by atoms with Crippen LogP contribution in [-0.4, -0.2) is 11.3 Å². The van der Waals surface area contributed by atoms with E-state index in [4.69, 9.17) is 0 Å². The molecule has 0 bridgehead atoms. The number of hydrogen-bond acceptors (Lipinski definition) is 1. The van der Waals surface area contributed by atoms with Gasteiger partial charge < -0.3 is 5.11 Å². The Bertz CT molecular complexity index is 351. The third-order valence-corrected chi connectivity index (χ3v) is 2.61. The van der Waals surface area contributed by atoms with Crippen LogP contribution in [0.1, 0.15) is 18.1 Å². The molecule has 84 valence electrons. The minimum Gasteiger partial charge on any atom is -0.376 e. The Morgan fingerprint density at radius 1 is 1.20 bits per heavy atom. The van der Waals surface area contributed by atoms with Gasteiger partial charge in [0.25, 0.3) is 0 Å². The first-order valence-electron chi connectivity index (χ1n) is 4.21. The lowest BCUT2D eigenvalue weighted by atomic mass is 9.94. The largest absolute Gasteiger partial charge is 0.421 e. The Morgan fingerprint density at radius 2 is 1.73 bits per heavy atom. The monoisotopic (exact) mass is 282 g/mol. The molecule has 0 aromatic heterocycles. The van der Waals surface area contributed by atoms with Crippen LogP contribution in [0.15, 0.2) is 22.7 Å². The molecular weight excluding hydrogens is 273 g/mol. The van der Waals surface area contributed by atoms with Crippen molar-refractivity contribution in [1.82, 2.24) is 0 Å². The van der Waals surface area contributed by atoms with E-state index in [-0.39, 0.29) is 5.56 Å². The maximum Gasteiger partial charge on any atom is 0.421 e. The second-order valence-electron chi connectivity index (χ2n) is 3.59. The number of hydrogen-bond donors (Lipinski definition) is 1. The van der Waals surface area contributed by atoms with E-state index >= 15 is 0 Å². The maximum absolute atomic E-state index is 12.5. The lowest BCUT2D eigenvalue weighted by Gasteiger charge is -2.27. The lowest BCUT2D eigenvalue weighted by Crippen LogP contribution is -2.39. The molecule has 0 aliphatic carbocycles. The maximum atomic E-state index is 12.5. The van der Waals surface area contributed by atoms with Crippen LogP contribution in [0.2, 0.25) is 0 Å². The number of alkyl halides is 3. The Labute approximate surface area is 94.0 Å². The molecule has 1 N–H and O–H groups in total. The highest BCUT2D eigenvalue weighted by atomic mass is 79.9. The minimum absolute atomic E-state index is 0.165. The van der Waals surface area contributed by atoms with Gasteiger partial charge in [0.05, 0.1) is 0 Å². The molecule has 0 amide bonds. The highest BCUT2D eigenvalue weighted by Gasteiger charge is 2.51. The summed E-state index contributed by atoms with van der Waals surface area (Å²) >= 11 is 3.09. The molecule has 1 atom stereocenters. The fraction of sp³-hybridized carbons (Fsp3) is 0.400. The Hall–Kier alpha value is -0.550. The molecule has 1 nitrogen and oxygen atoms in total. The van der Waals surface area contributed by atoms with Crippen molar-refractivity contribution in [2.45, 2.75) is 25.6 Å². The van der Waals surface area contributed by atoms with Crippen LogP contribution in [-0.2, 0) is 5.60 Å². The summed E-state index contributed by atoms with van der Waals surface area (Å²) in [5.74, 6) is 0. The number of rotatable bonds is 1. The number of benzene rings is 1. The van der Waals surface area contributed by atoms with Crippen molar-refractivity contribution in [1.29, 1.82) is 0 Å². The first-order chi connectivity index (χ1) is 6.64. The van der Waals surface area contributed by atoms with Gasteiger partial charge in [-0.05, 0) is 37.1 Å². The van der Waals surface area contributed by atoms with E-state index in [1.54, 1.807) is 13.0 Å². The van der Waals surface area contributed by atoms with E-state index in [0.29, 0.717) is 10.0 Å². The summed E-state index contributed by atoms with van der Waals surface area (Å²) in [6, 6.07) is 4.26. The average Bonchev–Trinajstić information content (AvgIpc) is 1.99. The zero-order valence-corrected chi connectivity index (χ0v) is 9.78. The average molecular weight is 283 g/mol. The molecule has 1 aromatic rings. The van der Waals surface area contributed by atoms with Crippen LogP contribution >= 0.6 is 15.9 Å². The molecule has 0 aliphatic rings. The Balaban J connectivity index is 3.27. The van der Waals surface area contributed by atoms with Crippen LogP contribution in [0.4, 0.5) is 13.2 Å². The summed E-state index contributed by atoms with van der Waals surface area (Å²) in [4.78, 5) is 0.